The first-order valence-electron chi connectivity index (χ1n) is 5.54. The number of hydrogen-bond donors (Lipinski definition) is 1. The van der Waals surface area contributed by atoms with Gasteiger partial charge in [0.2, 0.25) is 0 Å². The molecule has 15 heavy (non-hydrogen) atoms. The fraction of sp³-hybridized carbons (Fsp3) is 0.727. The Hall–Kier alpha value is -0.450. The first-order chi connectivity index (χ1) is 7.25. The summed E-state index contributed by atoms with van der Waals surface area (Å²) >= 11 is 1.67. The van der Waals surface area contributed by atoms with Crippen LogP contribution in [0.15, 0.2) is 10.9 Å². The van der Waals surface area contributed by atoms with Gasteiger partial charge in [0.15, 0.2) is 0 Å². The summed E-state index contributed by atoms with van der Waals surface area (Å²) in [6, 6.07) is 0.655. The van der Waals surface area contributed by atoms with Crippen LogP contribution in [0.3, 0.4) is 0 Å². The molecule has 0 radical (unpaired) electrons. The highest BCUT2D eigenvalue weighted by Gasteiger charge is 2.23. The zero-order valence-electron chi connectivity index (χ0n) is 9.44. The lowest BCUT2D eigenvalue weighted by atomic mass is 9.94. The van der Waals surface area contributed by atoms with Crippen LogP contribution in [0.25, 0.3) is 0 Å². The van der Waals surface area contributed by atoms with E-state index in [1.165, 1.54) is 25.2 Å². The Bertz CT molecular complexity index is 286. The van der Waals surface area contributed by atoms with E-state index in [0.717, 1.165) is 12.5 Å². The quantitative estimate of drug-likeness (QED) is 0.846. The summed E-state index contributed by atoms with van der Waals surface area (Å²) in [5, 5.41) is 5.73. The van der Waals surface area contributed by atoms with Crippen molar-refractivity contribution < 1.29 is 0 Å². The maximum Gasteiger partial charge on any atom is 0.0795 e. The van der Waals surface area contributed by atoms with Crippen LogP contribution in [0.2, 0.25) is 0 Å². The summed E-state index contributed by atoms with van der Waals surface area (Å²) in [4.78, 5) is 6.69. The molecule has 1 aliphatic rings. The van der Waals surface area contributed by atoms with Gasteiger partial charge < -0.3 is 10.2 Å². The third-order valence-electron chi connectivity index (χ3n) is 3.14. The van der Waals surface area contributed by atoms with Gasteiger partial charge in [0.1, 0.15) is 0 Å². The monoisotopic (exact) mass is 225 g/mol. The summed E-state index contributed by atoms with van der Waals surface area (Å²) in [7, 11) is 2.20. The number of hydrogen-bond acceptors (Lipinski definition) is 4. The minimum absolute atomic E-state index is 0.655. The average molecular weight is 225 g/mol. The van der Waals surface area contributed by atoms with E-state index < -0.39 is 0 Å². The average Bonchev–Trinajstić information content (AvgIpc) is 2.69. The summed E-state index contributed by atoms with van der Waals surface area (Å²) in [5.74, 6) is 0.738. The molecular weight excluding hydrogens is 206 g/mol. The molecule has 1 aromatic heterocycles. The lowest BCUT2D eigenvalue weighted by molar-refractivity contribution is 0.174. The van der Waals surface area contributed by atoms with Crippen molar-refractivity contribution in [3.05, 3.63) is 16.6 Å². The van der Waals surface area contributed by atoms with Gasteiger partial charge in [-0.3, -0.25) is 0 Å². The summed E-state index contributed by atoms with van der Waals surface area (Å²) in [6.45, 7) is 5.66. The van der Waals surface area contributed by atoms with E-state index in [-0.39, 0.29) is 0 Å². The third kappa shape index (κ3) is 3.00. The summed E-state index contributed by atoms with van der Waals surface area (Å²) in [6.07, 6.45) is 1.25. The van der Waals surface area contributed by atoms with E-state index in [2.05, 4.69) is 34.6 Å². The second kappa shape index (κ2) is 5.05. The molecule has 3 nitrogen and oxygen atoms in total. The Morgan fingerprint density at radius 1 is 1.67 bits per heavy atom. The van der Waals surface area contributed by atoms with Crippen LogP contribution in [0.5, 0.6) is 0 Å². The van der Waals surface area contributed by atoms with E-state index in [0.29, 0.717) is 6.04 Å². The van der Waals surface area contributed by atoms with Crippen LogP contribution in [0.4, 0.5) is 0 Å². The maximum absolute atomic E-state index is 4.29. The predicted molar refractivity (Wildman–Crippen MR) is 64.0 cm³/mol. The molecule has 4 heteroatoms. The fourth-order valence-electron chi connectivity index (χ4n) is 2.22. The van der Waals surface area contributed by atoms with Crippen molar-refractivity contribution in [3.8, 4) is 0 Å². The van der Waals surface area contributed by atoms with Crippen LogP contribution >= 0.6 is 11.3 Å². The van der Waals surface area contributed by atoms with Gasteiger partial charge in [-0.25, -0.2) is 4.98 Å². The molecule has 0 aromatic carbocycles. The van der Waals surface area contributed by atoms with E-state index in [1.807, 2.05) is 5.51 Å². The molecule has 0 bridgehead atoms. The summed E-state index contributed by atoms with van der Waals surface area (Å²) < 4.78 is 0. The van der Waals surface area contributed by atoms with Crippen molar-refractivity contribution in [1.29, 1.82) is 0 Å². The molecule has 0 aliphatic carbocycles. The van der Waals surface area contributed by atoms with Crippen molar-refractivity contribution in [2.75, 3.05) is 20.1 Å². The van der Waals surface area contributed by atoms with Crippen LogP contribution in [0.1, 0.15) is 19.0 Å². The van der Waals surface area contributed by atoms with E-state index in [9.17, 15) is 0 Å². The minimum Gasteiger partial charge on any atom is -0.308 e. The number of nitrogens with zero attached hydrogens (tertiary/aromatic N) is 2. The molecule has 0 saturated carbocycles. The lowest BCUT2D eigenvalue weighted by Crippen LogP contribution is -2.46. The number of likely N-dealkylation sites (tertiary alicyclic amines) is 1. The van der Waals surface area contributed by atoms with Crippen molar-refractivity contribution in [1.82, 2.24) is 15.2 Å². The van der Waals surface area contributed by atoms with Gasteiger partial charge in [-0.15, -0.1) is 11.3 Å². The van der Waals surface area contributed by atoms with Crippen LogP contribution in [0, 0.1) is 5.92 Å². The smallest absolute Gasteiger partial charge is 0.0795 e. The molecule has 1 saturated heterocycles. The molecular formula is C11H19N3S. The van der Waals surface area contributed by atoms with Gasteiger partial charge in [-0.1, -0.05) is 6.92 Å². The molecule has 1 aromatic rings. The SMILES string of the molecule is CC1CN(C)CCC1NCc1cscn1. The van der Waals surface area contributed by atoms with Gasteiger partial charge in [0.05, 0.1) is 11.2 Å². The Kier molecular flexibility index (Phi) is 3.72. The van der Waals surface area contributed by atoms with E-state index in [4.69, 9.17) is 0 Å². The van der Waals surface area contributed by atoms with Crippen molar-refractivity contribution >= 4 is 11.3 Å². The standard InChI is InChI=1S/C11H19N3S/c1-9-6-14(2)4-3-11(9)12-5-10-7-15-8-13-10/h7-9,11-12H,3-6H2,1-2H3. The van der Waals surface area contributed by atoms with Gasteiger partial charge in [-0.05, 0) is 25.9 Å². The van der Waals surface area contributed by atoms with Crippen molar-refractivity contribution in [2.45, 2.75) is 25.9 Å². The number of aromatic nitrogens is 1. The maximum atomic E-state index is 4.29. The second-order valence-electron chi connectivity index (χ2n) is 4.50. The molecule has 1 aliphatic heterocycles. The number of nitrogens with one attached hydrogen (secondary N) is 1. The highest BCUT2D eigenvalue weighted by Crippen LogP contribution is 2.15. The highest BCUT2D eigenvalue weighted by molar-refractivity contribution is 7.07. The number of piperidine rings is 1. The minimum atomic E-state index is 0.655. The second-order valence-corrected chi connectivity index (χ2v) is 5.21. The largest absolute Gasteiger partial charge is 0.308 e. The van der Waals surface area contributed by atoms with E-state index >= 15 is 0 Å². The third-order valence-corrected chi connectivity index (χ3v) is 3.77. The van der Waals surface area contributed by atoms with Crippen LogP contribution < -0.4 is 5.32 Å². The predicted octanol–water partition coefficient (Wildman–Crippen LogP) is 1.57. The first-order valence-corrected chi connectivity index (χ1v) is 6.49. The molecule has 2 unspecified atom stereocenters. The zero-order valence-corrected chi connectivity index (χ0v) is 10.3. The molecule has 2 rings (SSSR count). The van der Waals surface area contributed by atoms with Crippen molar-refractivity contribution in [2.24, 2.45) is 5.92 Å². The number of rotatable bonds is 3. The van der Waals surface area contributed by atoms with Gasteiger partial charge in [-0.2, -0.15) is 0 Å². The fourth-order valence-corrected chi connectivity index (χ4v) is 2.78. The lowest BCUT2D eigenvalue weighted by Gasteiger charge is -2.35. The van der Waals surface area contributed by atoms with Crippen LogP contribution in [-0.4, -0.2) is 36.1 Å². The molecule has 0 amide bonds. The number of thiazole rings is 1. The molecule has 2 atom stereocenters. The molecule has 84 valence electrons. The normalized spacial score (nSPS) is 28.1. The zero-order chi connectivity index (χ0) is 10.7. The first kappa shape index (κ1) is 11.0. The van der Waals surface area contributed by atoms with Gasteiger partial charge in [0.25, 0.3) is 0 Å². The molecule has 0 spiro atoms. The van der Waals surface area contributed by atoms with Crippen molar-refractivity contribution in [3.63, 3.8) is 0 Å². The van der Waals surface area contributed by atoms with Gasteiger partial charge >= 0.3 is 0 Å². The van der Waals surface area contributed by atoms with Crippen LogP contribution in [-0.2, 0) is 6.54 Å². The Morgan fingerprint density at radius 2 is 2.53 bits per heavy atom. The molecule has 2 heterocycles. The van der Waals surface area contributed by atoms with E-state index in [1.54, 1.807) is 11.3 Å². The Labute approximate surface area is 95.5 Å². The Balaban J connectivity index is 1.79. The van der Waals surface area contributed by atoms with Gasteiger partial charge in [0, 0.05) is 24.5 Å². The molecule has 1 fully saturated rings. The summed E-state index contributed by atoms with van der Waals surface area (Å²) in [5.41, 5.74) is 3.07. The Morgan fingerprint density at radius 3 is 3.20 bits per heavy atom. The molecule has 1 N–H and O–H groups in total. The highest BCUT2D eigenvalue weighted by atomic mass is 32.1. The topological polar surface area (TPSA) is 28.2 Å².